The molecule has 1 saturated heterocycles. The monoisotopic (exact) mass is 346 g/mol. The predicted molar refractivity (Wildman–Crippen MR) is 90.5 cm³/mol. The second-order valence-electron chi connectivity index (χ2n) is 5.68. The normalized spacial score (nSPS) is 18.3. The molecule has 0 N–H and O–H groups in total. The molecule has 1 aliphatic heterocycles. The highest BCUT2D eigenvalue weighted by molar-refractivity contribution is 6.29. The SMILES string of the molecule is O=C(OCc1ccc(Cl)nc1)[C@@H]1CN(Cc2ccccc2)CCO1. The van der Waals surface area contributed by atoms with Crippen LogP contribution in [0.15, 0.2) is 48.7 Å². The van der Waals surface area contributed by atoms with Gasteiger partial charge < -0.3 is 9.47 Å². The first kappa shape index (κ1) is 16.9. The predicted octanol–water partition coefficient (Wildman–Crippen LogP) is 2.68. The van der Waals surface area contributed by atoms with Crippen LogP contribution in [0.1, 0.15) is 11.1 Å². The summed E-state index contributed by atoms with van der Waals surface area (Å²) in [7, 11) is 0. The number of esters is 1. The second-order valence-corrected chi connectivity index (χ2v) is 6.06. The Kier molecular flexibility index (Phi) is 5.80. The lowest BCUT2D eigenvalue weighted by Crippen LogP contribution is -2.46. The van der Waals surface area contributed by atoms with Gasteiger partial charge in [-0.15, -0.1) is 0 Å². The molecule has 1 aliphatic rings. The van der Waals surface area contributed by atoms with Gasteiger partial charge in [0.05, 0.1) is 6.61 Å². The first-order chi connectivity index (χ1) is 11.7. The van der Waals surface area contributed by atoms with Crippen LogP contribution in [0.4, 0.5) is 0 Å². The van der Waals surface area contributed by atoms with E-state index in [-0.39, 0.29) is 12.6 Å². The lowest BCUT2D eigenvalue weighted by molar-refractivity contribution is -0.164. The molecule has 1 atom stereocenters. The van der Waals surface area contributed by atoms with Gasteiger partial charge >= 0.3 is 5.97 Å². The van der Waals surface area contributed by atoms with Crippen LogP contribution in [0.25, 0.3) is 0 Å². The molecule has 1 aromatic heterocycles. The zero-order valence-electron chi connectivity index (χ0n) is 13.2. The zero-order valence-corrected chi connectivity index (χ0v) is 14.0. The molecular formula is C18H19ClN2O3. The van der Waals surface area contributed by atoms with Crippen LogP contribution in [0.5, 0.6) is 0 Å². The second kappa shape index (κ2) is 8.24. The minimum Gasteiger partial charge on any atom is -0.459 e. The van der Waals surface area contributed by atoms with E-state index >= 15 is 0 Å². The number of benzene rings is 1. The summed E-state index contributed by atoms with van der Waals surface area (Å²) in [5.74, 6) is -0.345. The van der Waals surface area contributed by atoms with E-state index in [9.17, 15) is 4.79 Å². The fourth-order valence-electron chi connectivity index (χ4n) is 2.57. The minimum atomic E-state index is -0.553. The number of hydrogen-bond donors (Lipinski definition) is 0. The van der Waals surface area contributed by atoms with Gasteiger partial charge in [0.15, 0.2) is 6.10 Å². The molecule has 6 heteroatoms. The van der Waals surface area contributed by atoms with E-state index in [4.69, 9.17) is 21.1 Å². The summed E-state index contributed by atoms with van der Waals surface area (Å²) in [4.78, 5) is 18.4. The Morgan fingerprint density at radius 3 is 2.83 bits per heavy atom. The Morgan fingerprint density at radius 1 is 1.25 bits per heavy atom. The van der Waals surface area contributed by atoms with Crippen molar-refractivity contribution in [1.29, 1.82) is 0 Å². The Morgan fingerprint density at radius 2 is 2.08 bits per heavy atom. The van der Waals surface area contributed by atoms with Gasteiger partial charge in [0.25, 0.3) is 0 Å². The van der Waals surface area contributed by atoms with Crippen LogP contribution < -0.4 is 0 Å². The van der Waals surface area contributed by atoms with Crippen molar-refractivity contribution in [3.05, 3.63) is 64.9 Å². The van der Waals surface area contributed by atoms with Crippen molar-refractivity contribution in [3.8, 4) is 0 Å². The summed E-state index contributed by atoms with van der Waals surface area (Å²) in [6.45, 7) is 2.83. The number of halogens is 1. The van der Waals surface area contributed by atoms with Crippen LogP contribution in [0.2, 0.25) is 5.15 Å². The standard InChI is InChI=1S/C18H19ClN2O3/c19-17-7-6-15(10-20-17)13-24-18(22)16-12-21(8-9-23-16)11-14-4-2-1-3-5-14/h1-7,10,16H,8-9,11-13H2/t16-/m0/s1. The molecule has 1 fully saturated rings. The number of aromatic nitrogens is 1. The van der Waals surface area contributed by atoms with Crippen molar-refractivity contribution in [2.24, 2.45) is 0 Å². The molecule has 24 heavy (non-hydrogen) atoms. The summed E-state index contributed by atoms with van der Waals surface area (Å²) in [6, 6.07) is 13.6. The van der Waals surface area contributed by atoms with Crippen molar-refractivity contribution >= 4 is 17.6 Å². The average Bonchev–Trinajstić information content (AvgIpc) is 2.62. The number of hydrogen-bond acceptors (Lipinski definition) is 5. The molecule has 0 amide bonds. The highest BCUT2D eigenvalue weighted by atomic mass is 35.5. The van der Waals surface area contributed by atoms with E-state index in [1.54, 1.807) is 18.3 Å². The van der Waals surface area contributed by atoms with E-state index in [1.807, 2.05) is 18.2 Å². The Hall–Kier alpha value is -1.95. The van der Waals surface area contributed by atoms with Gasteiger partial charge in [0, 0.05) is 31.4 Å². The Balaban J connectivity index is 1.50. The van der Waals surface area contributed by atoms with E-state index in [0.717, 1.165) is 18.7 Å². The molecule has 2 aromatic rings. The maximum Gasteiger partial charge on any atom is 0.336 e. The molecule has 1 aromatic carbocycles. The van der Waals surface area contributed by atoms with E-state index in [0.29, 0.717) is 18.3 Å². The molecule has 0 unspecified atom stereocenters. The summed E-state index contributed by atoms with van der Waals surface area (Å²) < 4.78 is 10.9. The summed E-state index contributed by atoms with van der Waals surface area (Å²) >= 11 is 5.73. The lowest BCUT2D eigenvalue weighted by Gasteiger charge is -2.31. The number of nitrogens with zero attached hydrogens (tertiary/aromatic N) is 2. The van der Waals surface area contributed by atoms with Crippen LogP contribution in [0, 0.1) is 0 Å². The molecule has 0 saturated carbocycles. The van der Waals surface area contributed by atoms with Gasteiger partial charge in [0.1, 0.15) is 11.8 Å². The summed E-state index contributed by atoms with van der Waals surface area (Å²) in [5.41, 5.74) is 2.02. The molecule has 3 rings (SSSR count). The molecule has 2 heterocycles. The molecule has 0 spiro atoms. The maximum absolute atomic E-state index is 12.2. The highest BCUT2D eigenvalue weighted by Crippen LogP contribution is 2.13. The van der Waals surface area contributed by atoms with Gasteiger partial charge in [0.2, 0.25) is 0 Å². The van der Waals surface area contributed by atoms with Gasteiger partial charge in [-0.05, 0) is 11.6 Å². The number of ether oxygens (including phenoxy) is 2. The molecule has 5 nitrogen and oxygen atoms in total. The molecule has 126 valence electrons. The van der Waals surface area contributed by atoms with Crippen molar-refractivity contribution in [2.75, 3.05) is 19.7 Å². The van der Waals surface area contributed by atoms with Crippen LogP contribution in [-0.2, 0) is 27.4 Å². The highest BCUT2D eigenvalue weighted by Gasteiger charge is 2.28. The third-order valence-corrected chi connectivity index (χ3v) is 4.06. The van der Waals surface area contributed by atoms with Crippen molar-refractivity contribution in [3.63, 3.8) is 0 Å². The summed E-state index contributed by atoms with van der Waals surface area (Å²) in [5, 5.41) is 0.414. The van der Waals surface area contributed by atoms with Crippen LogP contribution in [-0.4, -0.2) is 41.7 Å². The molecule has 0 aliphatic carbocycles. The van der Waals surface area contributed by atoms with Gasteiger partial charge in [-0.2, -0.15) is 0 Å². The smallest absolute Gasteiger partial charge is 0.336 e. The van der Waals surface area contributed by atoms with Crippen molar-refractivity contribution in [2.45, 2.75) is 19.3 Å². The molecule has 0 radical (unpaired) electrons. The van der Waals surface area contributed by atoms with Crippen molar-refractivity contribution < 1.29 is 14.3 Å². The first-order valence-corrected chi connectivity index (χ1v) is 8.23. The quantitative estimate of drug-likeness (QED) is 0.615. The van der Waals surface area contributed by atoms with Gasteiger partial charge in [-0.3, -0.25) is 4.90 Å². The first-order valence-electron chi connectivity index (χ1n) is 7.85. The zero-order chi connectivity index (χ0) is 16.8. The number of morpholine rings is 1. The van der Waals surface area contributed by atoms with Crippen molar-refractivity contribution in [1.82, 2.24) is 9.88 Å². The topological polar surface area (TPSA) is 51.7 Å². The third-order valence-electron chi connectivity index (χ3n) is 3.83. The van der Waals surface area contributed by atoms with E-state index in [1.165, 1.54) is 5.56 Å². The third kappa shape index (κ3) is 4.77. The van der Waals surface area contributed by atoms with Gasteiger partial charge in [-0.25, -0.2) is 9.78 Å². The Bertz CT molecular complexity index is 664. The molecular weight excluding hydrogens is 328 g/mol. The fraction of sp³-hybridized carbons (Fsp3) is 0.333. The Labute approximate surface area is 146 Å². The fourth-order valence-corrected chi connectivity index (χ4v) is 2.68. The van der Waals surface area contributed by atoms with E-state index < -0.39 is 6.10 Å². The number of pyridine rings is 1. The van der Waals surface area contributed by atoms with Gasteiger partial charge in [-0.1, -0.05) is 48.0 Å². The largest absolute Gasteiger partial charge is 0.459 e. The lowest BCUT2D eigenvalue weighted by atomic mass is 10.2. The van der Waals surface area contributed by atoms with Crippen LogP contribution >= 0.6 is 11.6 Å². The number of carbonyl (C=O) groups excluding carboxylic acids is 1. The summed E-state index contributed by atoms with van der Waals surface area (Å²) in [6.07, 6.45) is 1.04. The molecule has 0 bridgehead atoms. The average molecular weight is 347 g/mol. The minimum absolute atomic E-state index is 0.168. The van der Waals surface area contributed by atoms with Crippen LogP contribution in [0.3, 0.4) is 0 Å². The van der Waals surface area contributed by atoms with E-state index in [2.05, 4.69) is 22.0 Å². The maximum atomic E-state index is 12.2. The number of carbonyl (C=O) groups is 1. The number of rotatable bonds is 5.